The maximum Gasteiger partial charge on any atom is 0.434 e. The predicted octanol–water partition coefficient (Wildman–Crippen LogP) is 3.98. The lowest BCUT2D eigenvalue weighted by atomic mass is 10.1. The van der Waals surface area contributed by atoms with Crippen molar-refractivity contribution < 1.29 is 22.7 Å². The van der Waals surface area contributed by atoms with Gasteiger partial charge in [0, 0.05) is 37.8 Å². The quantitative estimate of drug-likeness (QED) is 0.376. The highest BCUT2D eigenvalue weighted by Crippen LogP contribution is 2.46. The Morgan fingerprint density at radius 1 is 1.13 bits per heavy atom. The molecule has 38 heavy (non-hydrogen) atoms. The van der Waals surface area contributed by atoms with E-state index in [1.165, 1.54) is 17.9 Å². The van der Waals surface area contributed by atoms with Gasteiger partial charge in [0.25, 0.3) is 0 Å². The minimum atomic E-state index is -4.54. The van der Waals surface area contributed by atoms with Crippen LogP contribution in [0.3, 0.4) is 0 Å². The zero-order chi connectivity index (χ0) is 26.6. The van der Waals surface area contributed by atoms with E-state index in [-0.39, 0.29) is 24.7 Å². The number of alkyl halides is 3. The van der Waals surface area contributed by atoms with Crippen LogP contribution in [0, 0.1) is 0 Å². The van der Waals surface area contributed by atoms with Gasteiger partial charge in [-0.05, 0) is 24.5 Å². The first-order valence-corrected chi connectivity index (χ1v) is 12.1. The van der Waals surface area contributed by atoms with Gasteiger partial charge in [0.05, 0.1) is 31.5 Å². The van der Waals surface area contributed by atoms with Crippen molar-refractivity contribution in [1.82, 2.24) is 34.3 Å². The normalized spacial score (nSPS) is 15.6. The number of imidazole rings is 1. The fourth-order valence-corrected chi connectivity index (χ4v) is 4.66. The van der Waals surface area contributed by atoms with Gasteiger partial charge in [0.15, 0.2) is 11.5 Å². The summed E-state index contributed by atoms with van der Waals surface area (Å²) in [5.41, 5.74) is 2.31. The Morgan fingerprint density at radius 2 is 1.95 bits per heavy atom. The third kappa shape index (κ3) is 4.27. The molecule has 0 spiro atoms. The van der Waals surface area contributed by atoms with E-state index in [1.807, 2.05) is 6.07 Å². The molecule has 0 N–H and O–H groups in total. The zero-order valence-corrected chi connectivity index (χ0v) is 20.6. The van der Waals surface area contributed by atoms with Gasteiger partial charge < -0.3 is 9.30 Å². The smallest absolute Gasteiger partial charge is 0.434 e. The highest BCUT2D eigenvalue weighted by Gasteiger charge is 2.35. The van der Waals surface area contributed by atoms with Crippen LogP contribution < -0.4 is 9.64 Å². The van der Waals surface area contributed by atoms with Gasteiger partial charge in [-0.2, -0.15) is 18.3 Å². The molecule has 2 aliphatic rings. The molecule has 196 valence electrons. The number of nitrogens with zero attached hydrogens (tertiary/aromatic N) is 8. The molecule has 1 aliphatic heterocycles. The number of rotatable bonds is 6. The van der Waals surface area contributed by atoms with Crippen LogP contribution in [0.15, 0.2) is 36.9 Å². The van der Waals surface area contributed by atoms with Gasteiger partial charge in [0.2, 0.25) is 11.8 Å². The van der Waals surface area contributed by atoms with Crippen molar-refractivity contribution in [3.63, 3.8) is 0 Å². The number of hydrogen-bond acceptors (Lipinski definition) is 7. The monoisotopic (exact) mass is 524 g/mol. The fraction of sp³-hybridized carbons (Fsp3) is 0.360. The molecule has 1 aliphatic carbocycles. The molecule has 6 rings (SSSR count). The number of aromatic nitrogens is 7. The van der Waals surface area contributed by atoms with E-state index in [0.29, 0.717) is 41.1 Å². The van der Waals surface area contributed by atoms with Crippen LogP contribution in [0.2, 0.25) is 0 Å². The zero-order valence-electron chi connectivity index (χ0n) is 20.6. The number of aryl methyl sites for hydroxylation is 2. The molecule has 1 fully saturated rings. The standard InChI is InChI=1S/C25H23F3N8O2/c1-34-12-18(25(26,27)28)32-23(34)16-6-3-14(10-29-16)11-35-19-9-17(33-36(19)8-7-20(35)37)21-22(15-4-5-15)30-13-31-24(21)38-2/h3,6,9-10,12-13,15H,4-5,7-8,11H2,1-2H3. The van der Waals surface area contributed by atoms with Crippen LogP contribution in [-0.4, -0.2) is 47.3 Å². The minimum absolute atomic E-state index is 0.0642. The van der Waals surface area contributed by atoms with Gasteiger partial charge >= 0.3 is 6.18 Å². The molecule has 4 aromatic rings. The van der Waals surface area contributed by atoms with Crippen LogP contribution >= 0.6 is 0 Å². The molecule has 1 amide bonds. The molecule has 0 radical (unpaired) electrons. The second-order valence-electron chi connectivity index (χ2n) is 9.37. The number of carbonyl (C=O) groups excluding carboxylic acids is 1. The topological polar surface area (TPSA) is 104 Å². The lowest BCUT2D eigenvalue weighted by Gasteiger charge is -2.27. The number of hydrogen-bond donors (Lipinski definition) is 0. The third-order valence-corrected chi connectivity index (χ3v) is 6.69. The Morgan fingerprint density at radius 3 is 2.61 bits per heavy atom. The van der Waals surface area contributed by atoms with E-state index in [2.05, 4.69) is 19.9 Å². The first kappa shape index (κ1) is 24.1. The summed E-state index contributed by atoms with van der Waals surface area (Å²) in [6, 6.07) is 5.18. The van der Waals surface area contributed by atoms with E-state index in [0.717, 1.165) is 30.3 Å². The first-order chi connectivity index (χ1) is 18.2. The average molecular weight is 525 g/mol. The van der Waals surface area contributed by atoms with Crippen molar-refractivity contribution in [2.24, 2.45) is 7.05 Å². The van der Waals surface area contributed by atoms with Crippen molar-refractivity contribution in [2.75, 3.05) is 12.0 Å². The Hall–Kier alpha value is -4.29. The second kappa shape index (κ2) is 8.92. The van der Waals surface area contributed by atoms with Crippen molar-refractivity contribution in [2.45, 2.75) is 44.4 Å². The Bertz CT molecular complexity index is 1520. The molecule has 13 heteroatoms. The predicted molar refractivity (Wildman–Crippen MR) is 129 cm³/mol. The van der Waals surface area contributed by atoms with Gasteiger partial charge in [-0.1, -0.05) is 6.07 Å². The summed E-state index contributed by atoms with van der Waals surface area (Å²) in [4.78, 5) is 31.3. The van der Waals surface area contributed by atoms with Crippen molar-refractivity contribution >= 4 is 11.7 Å². The Labute approximate surface area is 215 Å². The van der Waals surface area contributed by atoms with Crippen LogP contribution in [0.5, 0.6) is 5.88 Å². The largest absolute Gasteiger partial charge is 0.480 e. The van der Waals surface area contributed by atoms with Gasteiger partial charge in [-0.3, -0.25) is 14.7 Å². The molecule has 0 bridgehead atoms. The molecule has 10 nitrogen and oxygen atoms in total. The summed E-state index contributed by atoms with van der Waals surface area (Å²) in [6.07, 6.45) is 1.80. The number of ether oxygens (including phenoxy) is 1. The number of carbonyl (C=O) groups is 1. The van der Waals surface area contributed by atoms with E-state index in [4.69, 9.17) is 9.84 Å². The summed E-state index contributed by atoms with van der Waals surface area (Å²) in [5, 5.41) is 4.76. The number of methoxy groups -OCH3 is 1. The summed E-state index contributed by atoms with van der Waals surface area (Å²) in [5.74, 6) is 1.45. The molecule has 4 aromatic heterocycles. The second-order valence-corrected chi connectivity index (χ2v) is 9.37. The maximum atomic E-state index is 13.0. The fourth-order valence-electron chi connectivity index (χ4n) is 4.66. The molecular weight excluding hydrogens is 501 g/mol. The molecule has 0 saturated heterocycles. The van der Waals surface area contributed by atoms with Crippen molar-refractivity contribution in [3.05, 3.63) is 53.9 Å². The van der Waals surface area contributed by atoms with Gasteiger partial charge in [-0.15, -0.1) is 0 Å². The van der Waals surface area contributed by atoms with E-state index in [1.54, 1.807) is 35.0 Å². The minimum Gasteiger partial charge on any atom is -0.480 e. The molecule has 0 unspecified atom stereocenters. The van der Waals surface area contributed by atoms with Crippen molar-refractivity contribution in [3.8, 4) is 28.7 Å². The van der Waals surface area contributed by atoms with Crippen LogP contribution in [-0.2, 0) is 31.1 Å². The molecule has 1 saturated carbocycles. The van der Waals surface area contributed by atoms with E-state index >= 15 is 0 Å². The summed E-state index contributed by atoms with van der Waals surface area (Å²) in [7, 11) is 3.04. The third-order valence-electron chi connectivity index (χ3n) is 6.69. The van der Waals surface area contributed by atoms with Crippen LogP contribution in [0.1, 0.15) is 42.1 Å². The first-order valence-electron chi connectivity index (χ1n) is 12.1. The summed E-state index contributed by atoms with van der Waals surface area (Å²) in [6.45, 7) is 0.668. The average Bonchev–Trinajstić information content (AvgIpc) is 3.53. The number of amides is 1. The lowest BCUT2D eigenvalue weighted by molar-refractivity contribution is -0.140. The van der Waals surface area contributed by atoms with Gasteiger partial charge in [-0.25, -0.2) is 19.6 Å². The van der Waals surface area contributed by atoms with E-state index in [9.17, 15) is 18.0 Å². The van der Waals surface area contributed by atoms with Crippen LogP contribution in [0.25, 0.3) is 22.8 Å². The molecule has 5 heterocycles. The summed E-state index contributed by atoms with van der Waals surface area (Å²) >= 11 is 0. The lowest BCUT2D eigenvalue weighted by Crippen LogP contribution is -2.36. The number of anilines is 1. The highest BCUT2D eigenvalue weighted by atomic mass is 19.4. The summed E-state index contributed by atoms with van der Waals surface area (Å²) < 4.78 is 47.7. The molecule has 0 aromatic carbocycles. The number of pyridine rings is 1. The Balaban J connectivity index is 1.29. The number of fused-ring (bicyclic) bond motifs is 1. The molecular formula is C25H23F3N8O2. The highest BCUT2D eigenvalue weighted by molar-refractivity contribution is 5.94. The van der Waals surface area contributed by atoms with Crippen molar-refractivity contribution in [1.29, 1.82) is 0 Å². The Kier molecular flexibility index (Phi) is 5.65. The van der Waals surface area contributed by atoms with Crippen LogP contribution in [0.4, 0.5) is 19.0 Å². The maximum absolute atomic E-state index is 13.0. The SMILES string of the molecule is COc1ncnc(C2CC2)c1-c1cc2n(n1)CCC(=O)N2Cc1ccc(-c2nc(C(F)(F)F)cn2C)nc1. The molecule has 0 atom stereocenters. The number of halogens is 3. The van der Waals surface area contributed by atoms with Gasteiger partial charge in [0.1, 0.15) is 23.5 Å². The van der Waals surface area contributed by atoms with E-state index < -0.39 is 11.9 Å².